The number of hydrogen-bond acceptors (Lipinski definition) is 5. The number of ether oxygens (including phenoxy) is 1. The van der Waals surface area contributed by atoms with Crippen LogP contribution in [0.1, 0.15) is 17.0 Å². The minimum absolute atomic E-state index is 0.214. The topological polar surface area (TPSA) is 66.4 Å². The van der Waals surface area contributed by atoms with E-state index in [-0.39, 0.29) is 5.69 Å². The van der Waals surface area contributed by atoms with E-state index in [0.29, 0.717) is 5.82 Å². The molecule has 0 aliphatic carbocycles. The molecule has 0 bridgehead atoms. The van der Waals surface area contributed by atoms with Gasteiger partial charge in [-0.05, 0) is 68.3 Å². The normalized spacial score (nSPS) is 14.3. The van der Waals surface area contributed by atoms with Gasteiger partial charge >= 0.3 is 5.69 Å². The Labute approximate surface area is 170 Å². The Kier molecular flexibility index (Phi) is 5.05. The molecule has 0 atom stereocenters. The average Bonchev–Trinajstić information content (AvgIpc) is 3.06. The molecule has 4 rings (SSSR count). The molecule has 0 saturated carbocycles. The summed E-state index contributed by atoms with van der Waals surface area (Å²) in [6.45, 7) is 9.84. The summed E-state index contributed by atoms with van der Waals surface area (Å²) in [5.74, 6) is 1.63. The number of nitrogens with zero attached hydrogens (tertiary/aromatic N) is 4. The molecule has 1 aliphatic rings. The number of aromatic amines is 1. The van der Waals surface area contributed by atoms with Crippen LogP contribution in [0.25, 0.3) is 5.69 Å². The number of aromatic nitrogens is 3. The number of methoxy groups -OCH3 is 1. The van der Waals surface area contributed by atoms with E-state index < -0.39 is 0 Å². The third-order valence-corrected chi connectivity index (χ3v) is 5.61. The molecule has 1 aliphatic heterocycles. The van der Waals surface area contributed by atoms with Crippen molar-refractivity contribution in [3.05, 3.63) is 63.8 Å². The molecule has 3 aromatic rings. The Bertz CT molecular complexity index is 1040. The first kappa shape index (κ1) is 19.1. The minimum atomic E-state index is -0.214. The minimum Gasteiger partial charge on any atom is -0.496 e. The van der Waals surface area contributed by atoms with Crippen LogP contribution in [0.5, 0.6) is 5.75 Å². The monoisotopic (exact) mass is 393 g/mol. The summed E-state index contributed by atoms with van der Waals surface area (Å²) in [6, 6.07) is 12.5. The van der Waals surface area contributed by atoms with Crippen LogP contribution in [-0.4, -0.2) is 48.1 Å². The number of hydrogen-bond donors (Lipinski definition) is 1. The molecule has 7 nitrogen and oxygen atoms in total. The van der Waals surface area contributed by atoms with Gasteiger partial charge in [-0.15, -0.1) is 0 Å². The molecule has 0 spiro atoms. The van der Waals surface area contributed by atoms with Gasteiger partial charge in [-0.25, -0.2) is 14.5 Å². The smallest absolute Gasteiger partial charge is 0.347 e. The number of aryl methyl sites for hydroxylation is 3. The van der Waals surface area contributed by atoms with Gasteiger partial charge in [-0.3, -0.25) is 0 Å². The first-order chi connectivity index (χ1) is 14.0. The molecule has 7 heteroatoms. The van der Waals surface area contributed by atoms with Crippen LogP contribution in [-0.2, 0) is 0 Å². The first-order valence-corrected chi connectivity index (χ1v) is 9.87. The highest BCUT2D eigenvalue weighted by Gasteiger charge is 2.19. The molecule has 1 saturated heterocycles. The lowest BCUT2D eigenvalue weighted by molar-refractivity contribution is 0.408. The van der Waals surface area contributed by atoms with Gasteiger partial charge in [-0.1, -0.05) is 0 Å². The zero-order valence-corrected chi connectivity index (χ0v) is 17.4. The van der Waals surface area contributed by atoms with Gasteiger partial charge in [0.1, 0.15) is 11.6 Å². The summed E-state index contributed by atoms with van der Waals surface area (Å²) in [5.41, 5.74) is 5.38. The van der Waals surface area contributed by atoms with Crippen molar-refractivity contribution in [1.82, 2.24) is 14.8 Å². The Morgan fingerprint density at radius 1 is 0.862 bits per heavy atom. The molecule has 0 radical (unpaired) electrons. The standard InChI is InChI=1S/C22H27N5O2/c1-15-13-20(14-16(2)21(15)29-4)26-11-9-25(10-12-26)18-5-7-19(8-6-18)27-17(3)23-24-22(27)28/h5-8,13-14H,9-12H2,1-4H3,(H,24,28). The summed E-state index contributed by atoms with van der Waals surface area (Å²) in [6.07, 6.45) is 0. The lowest BCUT2D eigenvalue weighted by Crippen LogP contribution is -2.46. The molecule has 2 heterocycles. The maximum atomic E-state index is 11.9. The number of rotatable bonds is 4. The largest absolute Gasteiger partial charge is 0.496 e. The zero-order valence-electron chi connectivity index (χ0n) is 17.4. The lowest BCUT2D eigenvalue weighted by atomic mass is 10.1. The summed E-state index contributed by atoms with van der Waals surface area (Å²) in [5, 5.41) is 6.45. The third-order valence-electron chi connectivity index (χ3n) is 5.61. The number of piperazine rings is 1. The molecular weight excluding hydrogens is 366 g/mol. The Morgan fingerprint density at radius 3 is 1.86 bits per heavy atom. The fraction of sp³-hybridized carbons (Fsp3) is 0.364. The second-order valence-corrected chi connectivity index (χ2v) is 7.51. The highest BCUT2D eigenvalue weighted by atomic mass is 16.5. The van der Waals surface area contributed by atoms with Gasteiger partial charge in [-0.2, -0.15) is 5.10 Å². The van der Waals surface area contributed by atoms with Crippen molar-refractivity contribution >= 4 is 11.4 Å². The molecule has 1 N–H and O–H groups in total. The van der Waals surface area contributed by atoms with Gasteiger partial charge in [0, 0.05) is 37.6 Å². The molecule has 0 amide bonds. The van der Waals surface area contributed by atoms with E-state index in [1.54, 1.807) is 11.7 Å². The molecule has 2 aromatic carbocycles. The molecule has 1 fully saturated rings. The van der Waals surface area contributed by atoms with Crippen LogP contribution in [0, 0.1) is 20.8 Å². The maximum Gasteiger partial charge on any atom is 0.347 e. The number of nitrogens with one attached hydrogen (secondary N) is 1. The van der Waals surface area contributed by atoms with Crippen LogP contribution >= 0.6 is 0 Å². The Morgan fingerprint density at radius 2 is 1.38 bits per heavy atom. The Hall–Kier alpha value is -3.22. The van der Waals surface area contributed by atoms with E-state index in [2.05, 4.69) is 58.1 Å². The molecular formula is C22H27N5O2. The van der Waals surface area contributed by atoms with E-state index in [1.807, 2.05) is 19.1 Å². The van der Waals surface area contributed by atoms with Crippen molar-refractivity contribution in [3.63, 3.8) is 0 Å². The van der Waals surface area contributed by atoms with E-state index in [4.69, 9.17) is 4.74 Å². The second kappa shape index (κ2) is 7.66. The van der Waals surface area contributed by atoms with Crippen molar-refractivity contribution in [2.45, 2.75) is 20.8 Å². The second-order valence-electron chi connectivity index (χ2n) is 7.51. The first-order valence-electron chi connectivity index (χ1n) is 9.87. The SMILES string of the molecule is COc1c(C)cc(N2CCN(c3ccc(-n4c(C)n[nH]c4=O)cc3)CC2)cc1C. The van der Waals surface area contributed by atoms with Crippen molar-refractivity contribution in [2.24, 2.45) is 0 Å². The average molecular weight is 393 g/mol. The van der Waals surface area contributed by atoms with Crippen molar-refractivity contribution < 1.29 is 4.74 Å². The zero-order chi connectivity index (χ0) is 20.5. The van der Waals surface area contributed by atoms with E-state index in [9.17, 15) is 4.79 Å². The van der Waals surface area contributed by atoms with Gasteiger partial charge in [0.2, 0.25) is 0 Å². The molecule has 29 heavy (non-hydrogen) atoms. The highest BCUT2D eigenvalue weighted by Crippen LogP contribution is 2.30. The fourth-order valence-electron chi connectivity index (χ4n) is 4.15. The van der Waals surface area contributed by atoms with Gasteiger partial charge in [0.25, 0.3) is 0 Å². The third kappa shape index (κ3) is 3.60. The van der Waals surface area contributed by atoms with Crippen LogP contribution in [0.15, 0.2) is 41.2 Å². The van der Waals surface area contributed by atoms with Crippen LogP contribution in [0.4, 0.5) is 11.4 Å². The Balaban J connectivity index is 1.45. The number of benzene rings is 2. The lowest BCUT2D eigenvalue weighted by Gasteiger charge is -2.37. The summed E-state index contributed by atoms with van der Waals surface area (Å²) in [7, 11) is 1.73. The summed E-state index contributed by atoms with van der Waals surface area (Å²) >= 11 is 0. The maximum absolute atomic E-state index is 11.9. The van der Waals surface area contributed by atoms with Gasteiger partial charge < -0.3 is 14.5 Å². The van der Waals surface area contributed by atoms with Gasteiger partial charge in [0.15, 0.2) is 0 Å². The molecule has 1 aromatic heterocycles. The predicted octanol–water partition coefficient (Wildman–Crippen LogP) is 2.82. The van der Waals surface area contributed by atoms with Crippen molar-refractivity contribution in [1.29, 1.82) is 0 Å². The number of H-pyrrole nitrogens is 1. The van der Waals surface area contributed by atoms with Crippen molar-refractivity contribution in [3.8, 4) is 11.4 Å². The highest BCUT2D eigenvalue weighted by molar-refractivity contribution is 5.58. The van der Waals surface area contributed by atoms with Crippen molar-refractivity contribution in [2.75, 3.05) is 43.1 Å². The van der Waals surface area contributed by atoms with E-state index in [0.717, 1.165) is 37.6 Å². The van der Waals surface area contributed by atoms with E-state index >= 15 is 0 Å². The predicted molar refractivity (Wildman–Crippen MR) is 116 cm³/mol. The molecule has 0 unspecified atom stereocenters. The quantitative estimate of drug-likeness (QED) is 0.738. The summed E-state index contributed by atoms with van der Waals surface area (Å²) in [4.78, 5) is 16.7. The number of anilines is 2. The van der Waals surface area contributed by atoms with Crippen LogP contribution in [0.2, 0.25) is 0 Å². The summed E-state index contributed by atoms with van der Waals surface area (Å²) < 4.78 is 7.07. The van der Waals surface area contributed by atoms with Crippen LogP contribution in [0.3, 0.4) is 0 Å². The van der Waals surface area contributed by atoms with E-state index in [1.165, 1.54) is 22.5 Å². The molecule has 152 valence electrons. The fourth-order valence-corrected chi connectivity index (χ4v) is 4.15. The van der Waals surface area contributed by atoms with Crippen LogP contribution < -0.4 is 20.2 Å². The van der Waals surface area contributed by atoms with Gasteiger partial charge in [0.05, 0.1) is 12.8 Å².